The molecule has 0 aromatic rings. The molecule has 3 fully saturated rings. The number of hydrogen-bond acceptors (Lipinski definition) is 0. The Balaban J connectivity index is 0.000000847. The van der Waals surface area contributed by atoms with Crippen LogP contribution in [0.2, 0.25) is 0 Å². The van der Waals surface area contributed by atoms with E-state index < -0.39 is 7.26 Å². The van der Waals surface area contributed by atoms with Crippen LogP contribution in [0.4, 0.5) is 0 Å². The molecule has 0 atom stereocenters. The molecule has 0 aliphatic heterocycles. The first kappa shape index (κ1) is 19.7. The van der Waals surface area contributed by atoms with Gasteiger partial charge in [0.25, 0.3) is 0 Å². The molecule has 3 saturated carbocycles. The van der Waals surface area contributed by atoms with Crippen molar-refractivity contribution in [1.82, 2.24) is 0 Å². The van der Waals surface area contributed by atoms with Crippen LogP contribution >= 0.6 is 16.8 Å². The predicted octanol–water partition coefficient (Wildman–Crippen LogP) is 7.48. The maximum absolute atomic E-state index is 5.15. The van der Waals surface area contributed by atoms with Gasteiger partial charge >= 0.3 is 27.7 Å². The first-order valence-electron chi connectivity index (χ1n) is 9.66. The molecular formula is C19H35ClPPd+. The van der Waals surface area contributed by atoms with E-state index in [4.69, 9.17) is 6.66 Å². The molecule has 0 unspecified atom stereocenters. The molecule has 0 heterocycles. The summed E-state index contributed by atoms with van der Waals surface area (Å²) in [5, 5.41) is 0. The van der Waals surface area contributed by atoms with Crippen molar-refractivity contribution in [2.45, 2.75) is 113 Å². The van der Waals surface area contributed by atoms with Crippen LogP contribution in [0.3, 0.4) is 0 Å². The number of halogens is 1. The summed E-state index contributed by atoms with van der Waals surface area (Å²) in [4.78, 5) is 0. The van der Waals surface area contributed by atoms with E-state index in [0.29, 0.717) is 0 Å². The third kappa shape index (κ3) is 4.72. The standard InChI is InChI=1S/C19H35P.ClH.Pd/c1-20(17-11-5-2-6-12-17,18-13-7-3-8-14-18)19-15-9-4-10-16-19;;/h17-19H,1-16H2;1H;/q;;+2/p-1. The molecule has 0 nitrogen and oxygen atoms in total. The van der Waals surface area contributed by atoms with Gasteiger partial charge in [0.15, 0.2) is 0 Å². The van der Waals surface area contributed by atoms with Crippen molar-refractivity contribution in [2.24, 2.45) is 0 Å². The second-order valence-electron chi connectivity index (χ2n) is 7.87. The first-order chi connectivity index (χ1) is 10.8. The first-order valence-corrected chi connectivity index (χ1v) is 13.8. The molecule has 0 N–H and O–H groups in total. The van der Waals surface area contributed by atoms with E-state index in [1.54, 1.807) is 38.5 Å². The van der Waals surface area contributed by atoms with Gasteiger partial charge in [-0.15, -0.1) is 7.26 Å². The van der Waals surface area contributed by atoms with Crippen molar-refractivity contribution >= 4 is 16.8 Å². The van der Waals surface area contributed by atoms with Crippen molar-refractivity contribution in [3.05, 3.63) is 6.66 Å². The Labute approximate surface area is 154 Å². The summed E-state index contributed by atoms with van der Waals surface area (Å²) in [6, 6.07) is 0. The van der Waals surface area contributed by atoms with Gasteiger partial charge in [-0.1, -0.05) is 19.3 Å². The minimum absolute atomic E-state index is 0.946. The molecule has 0 bridgehead atoms. The fourth-order valence-electron chi connectivity index (χ4n) is 5.58. The zero-order valence-electron chi connectivity index (χ0n) is 14.2. The van der Waals surface area contributed by atoms with Crippen LogP contribution < -0.4 is 0 Å². The van der Waals surface area contributed by atoms with Crippen LogP contribution in [0.5, 0.6) is 0 Å². The third-order valence-corrected chi connectivity index (χ3v) is 12.4. The molecule has 0 spiro atoms. The monoisotopic (exact) mass is 435 g/mol. The van der Waals surface area contributed by atoms with Crippen LogP contribution in [0.15, 0.2) is 0 Å². The van der Waals surface area contributed by atoms with E-state index in [1.807, 2.05) is 0 Å². The quantitative estimate of drug-likeness (QED) is 0.244. The zero-order chi connectivity index (χ0) is 15.8. The van der Waals surface area contributed by atoms with Crippen LogP contribution in [0.1, 0.15) is 96.3 Å². The molecule has 3 heteroatoms. The van der Waals surface area contributed by atoms with Crippen molar-refractivity contribution < 1.29 is 18.2 Å². The Morgan fingerprint density at radius 1 is 0.545 bits per heavy atom. The Morgan fingerprint density at radius 2 is 0.773 bits per heavy atom. The van der Waals surface area contributed by atoms with Gasteiger partial charge < -0.3 is 0 Å². The van der Waals surface area contributed by atoms with Gasteiger partial charge in [-0.25, -0.2) is 0 Å². The number of rotatable bonds is 3. The molecule has 0 saturated heterocycles. The molecule has 3 aliphatic carbocycles. The van der Waals surface area contributed by atoms with Crippen LogP contribution in [0, 0.1) is 6.66 Å². The molecule has 3 rings (SSSR count). The van der Waals surface area contributed by atoms with Gasteiger partial charge in [0, 0.05) is 17.0 Å². The fourth-order valence-corrected chi connectivity index (χ4v) is 11.3. The minimum atomic E-state index is -0.946. The van der Waals surface area contributed by atoms with E-state index >= 15 is 0 Å². The Hall–Kier alpha value is 1.38. The van der Waals surface area contributed by atoms with Gasteiger partial charge in [0.2, 0.25) is 0 Å². The fraction of sp³-hybridized carbons (Fsp3) is 0.947. The molecule has 0 aromatic carbocycles. The molecule has 0 radical (unpaired) electrons. The normalized spacial score (nSPS) is 26.4. The van der Waals surface area contributed by atoms with Crippen LogP contribution in [-0.2, 0) is 18.2 Å². The molecule has 3 aliphatic rings. The van der Waals surface area contributed by atoms with Crippen LogP contribution in [-0.4, -0.2) is 17.0 Å². The van der Waals surface area contributed by atoms with Crippen molar-refractivity contribution in [3.8, 4) is 0 Å². The van der Waals surface area contributed by atoms with E-state index in [9.17, 15) is 0 Å². The maximum atomic E-state index is 5.15. The molecule has 22 heavy (non-hydrogen) atoms. The Bertz CT molecular complexity index is 246. The van der Waals surface area contributed by atoms with Gasteiger partial charge in [-0.05, 0) is 77.0 Å². The zero-order valence-corrected chi connectivity index (χ0v) is 17.4. The van der Waals surface area contributed by atoms with Gasteiger partial charge in [-0.2, -0.15) is 6.66 Å². The van der Waals surface area contributed by atoms with Crippen molar-refractivity contribution in [2.75, 3.05) is 0 Å². The van der Waals surface area contributed by atoms with E-state index in [0.717, 1.165) is 17.0 Å². The third-order valence-electron chi connectivity index (χ3n) is 6.76. The van der Waals surface area contributed by atoms with Crippen molar-refractivity contribution in [1.29, 1.82) is 0 Å². The topological polar surface area (TPSA) is 0 Å². The SMILES string of the molecule is [CH2-][P+](C1CCCCC1)(C1CCCCC1)C1CCCCC1.[Cl][Pd+]. The van der Waals surface area contributed by atoms with Gasteiger partial charge in [0.05, 0.1) is 0 Å². The predicted molar refractivity (Wildman–Crippen MR) is 98.7 cm³/mol. The summed E-state index contributed by atoms with van der Waals surface area (Å²) < 4.78 is 0. The molecule has 132 valence electrons. The van der Waals surface area contributed by atoms with E-state index in [-0.39, 0.29) is 0 Å². The summed E-state index contributed by atoms with van der Waals surface area (Å²) in [7, 11) is 3.54. The Kier molecular flexibility index (Phi) is 9.31. The summed E-state index contributed by atoms with van der Waals surface area (Å²) >= 11 is 2.22. The Morgan fingerprint density at radius 3 is 1.00 bits per heavy atom. The molecular weight excluding hydrogens is 401 g/mol. The summed E-state index contributed by atoms with van der Waals surface area (Å²) in [6.45, 7) is 5.15. The van der Waals surface area contributed by atoms with Crippen molar-refractivity contribution in [3.63, 3.8) is 0 Å². The van der Waals surface area contributed by atoms with E-state index in [1.165, 1.54) is 57.8 Å². The average molecular weight is 436 g/mol. The number of hydrogen-bond donors (Lipinski definition) is 0. The van der Waals surface area contributed by atoms with Crippen LogP contribution in [0.25, 0.3) is 0 Å². The molecule has 0 amide bonds. The second-order valence-corrected chi connectivity index (χ2v) is 12.1. The second kappa shape index (κ2) is 10.4. The average Bonchev–Trinajstić information content (AvgIpc) is 2.65. The summed E-state index contributed by atoms with van der Waals surface area (Å²) in [6.07, 6.45) is 22.9. The summed E-state index contributed by atoms with van der Waals surface area (Å²) in [5.74, 6) is 0. The molecule has 0 aromatic heterocycles. The van der Waals surface area contributed by atoms with Gasteiger partial charge in [-0.3, -0.25) is 0 Å². The van der Waals surface area contributed by atoms with Gasteiger partial charge in [0.1, 0.15) is 0 Å². The van der Waals surface area contributed by atoms with E-state index in [2.05, 4.69) is 27.7 Å². The summed E-state index contributed by atoms with van der Waals surface area (Å²) in [5.41, 5.74) is 3.22.